The number of hydrogen-bond donors (Lipinski definition) is 0. The van der Waals surface area contributed by atoms with Crippen molar-refractivity contribution in [2.24, 2.45) is 0 Å². The first-order valence-corrected chi connectivity index (χ1v) is 17.6. The topological polar surface area (TPSA) is 32.0 Å². The molecule has 0 spiro atoms. The molecule has 246 valence electrons. The molecule has 0 saturated heterocycles. The summed E-state index contributed by atoms with van der Waals surface area (Å²) in [5.41, 5.74) is 12.0. The molecule has 0 amide bonds. The number of nitrogens with zero attached hydrogens (tertiary/aromatic N) is 3. The van der Waals surface area contributed by atoms with Crippen molar-refractivity contribution in [3.05, 3.63) is 188 Å². The number of ether oxygens (including phenoxy) is 1. The van der Waals surface area contributed by atoms with Crippen molar-refractivity contribution in [2.45, 2.75) is 6.92 Å². The van der Waals surface area contributed by atoms with Crippen LogP contribution in [0.1, 0.15) is 5.56 Å². The van der Waals surface area contributed by atoms with Gasteiger partial charge in [-0.05, 0) is 79.2 Å². The zero-order valence-corrected chi connectivity index (χ0v) is 28.6. The molecule has 10 rings (SSSR count). The molecule has 0 fully saturated rings. The highest BCUT2D eigenvalue weighted by Crippen LogP contribution is 2.42. The first-order chi connectivity index (χ1) is 25.7. The van der Waals surface area contributed by atoms with Crippen LogP contribution in [0.4, 0.5) is 0 Å². The monoisotopic (exact) mass is 667 g/mol. The normalized spacial score (nSPS) is 11.6. The van der Waals surface area contributed by atoms with Gasteiger partial charge in [-0.2, -0.15) is 0 Å². The quantitative estimate of drug-likeness (QED) is 0.177. The maximum atomic E-state index is 6.62. The average molecular weight is 668 g/mol. The molecule has 10 aromatic rings. The van der Waals surface area contributed by atoms with Crippen molar-refractivity contribution in [1.82, 2.24) is 14.1 Å². The van der Waals surface area contributed by atoms with Crippen molar-refractivity contribution in [3.63, 3.8) is 0 Å². The molecule has 4 nitrogen and oxygen atoms in total. The summed E-state index contributed by atoms with van der Waals surface area (Å²) in [5.74, 6) is 1.53. The van der Waals surface area contributed by atoms with Crippen LogP contribution in [0.25, 0.3) is 77.5 Å². The summed E-state index contributed by atoms with van der Waals surface area (Å²) in [6.45, 7) is 2.12. The van der Waals surface area contributed by atoms with Gasteiger partial charge < -0.3 is 13.9 Å². The van der Waals surface area contributed by atoms with Crippen LogP contribution in [0.3, 0.4) is 0 Å². The molecule has 0 aliphatic heterocycles. The van der Waals surface area contributed by atoms with Crippen LogP contribution in [0.2, 0.25) is 0 Å². The van der Waals surface area contributed by atoms with E-state index in [9.17, 15) is 0 Å². The van der Waals surface area contributed by atoms with Crippen LogP contribution in [-0.4, -0.2) is 14.1 Å². The Morgan fingerprint density at radius 1 is 0.442 bits per heavy atom. The lowest BCUT2D eigenvalue weighted by Gasteiger charge is -2.13. The van der Waals surface area contributed by atoms with Crippen molar-refractivity contribution >= 4 is 43.6 Å². The van der Waals surface area contributed by atoms with Gasteiger partial charge in [-0.15, -0.1) is 0 Å². The van der Waals surface area contributed by atoms with Gasteiger partial charge in [0.25, 0.3) is 0 Å². The first-order valence-electron chi connectivity index (χ1n) is 17.6. The fourth-order valence-electron chi connectivity index (χ4n) is 7.75. The van der Waals surface area contributed by atoms with Gasteiger partial charge in [0.15, 0.2) is 0 Å². The maximum Gasteiger partial charge on any atom is 0.129 e. The largest absolute Gasteiger partial charge is 0.457 e. The van der Waals surface area contributed by atoms with E-state index in [0.29, 0.717) is 0 Å². The molecule has 4 heteroatoms. The Morgan fingerprint density at radius 3 is 1.92 bits per heavy atom. The van der Waals surface area contributed by atoms with Crippen LogP contribution >= 0.6 is 0 Å². The second-order valence-corrected chi connectivity index (χ2v) is 13.2. The van der Waals surface area contributed by atoms with Crippen LogP contribution in [0.15, 0.2) is 182 Å². The maximum absolute atomic E-state index is 6.62. The predicted octanol–water partition coefficient (Wildman–Crippen LogP) is 12.7. The molecule has 0 aliphatic rings. The molecule has 0 bridgehead atoms. The predicted molar refractivity (Wildman–Crippen MR) is 215 cm³/mol. The molecule has 3 aromatic heterocycles. The Morgan fingerprint density at radius 2 is 1.10 bits per heavy atom. The van der Waals surface area contributed by atoms with E-state index in [0.717, 1.165) is 62.0 Å². The van der Waals surface area contributed by atoms with Crippen molar-refractivity contribution in [3.8, 4) is 45.4 Å². The zero-order valence-electron chi connectivity index (χ0n) is 28.6. The summed E-state index contributed by atoms with van der Waals surface area (Å²) in [6, 6.07) is 63.8. The number of aromatic nitrogens is 3. The summed E-state index contributed by atoms with van der Waals surface area (Å²) >= 11 is 0. The van der Waals surface area contributed by atoms with Gasteiger partial charge in [0, 0.05) is 50.1 Å². The Kier molecular flexibility index (Phi) is 7.00. The van der Waals surface area contributed by atoms with Crippen LogP contribution in [0.5, 0.6) is 11.5 Å². The summed E-state index contributed by atoms with van der Waals surface area (Å²) < 4.78 is 11.4. The van der Waals surface area contributed by atoms with E-state index in [1.807, 2.05) is 30.3 Å². The summed E-state index contributed by atoms with van der Waals surface area (Å²) in [4.78, 5) is 5.03. The molecular formula is C48H33N3O. The van der Waals surface area contributed by atoms with Gasteiger partial charge in [-0.25, -0.2) is 4.98 Å². The Bertz CT molecular complexity index is 2940. The number of pyridine rings is 1. The highest BCUT2D eigenvalue weighted by Gasteiger charge is 2.21. The van der Waals surface area contributed by atoms with Crippen LogP contribution < -0.4 is 4.74 Å². The molecular weight excluding hydrogens is 635 g/mol. The number of hydrogen-bond acceptors (Lipinski definition) is 2. The summed E-state index contributed by atoms with van der Waals surface area (Å²) in [5, 5.41) is 4.93. The van der Waals surface area contributed by atoms with E-state index in [-0.39, 0.29) is 0 Å². The van der Waals surface area contributed by atoms with Gasteiger partial charge in [0.05, 0.1) is 33.5 Å². The van der Waals surface area contributed by atoms with Gasteiger partial charge in [0.2, 0.25) is 0 Å². The van der Waals surface area contributed by atoms with E-state index in [1.54, 1.807) is 0 Å². The van der Waals surface area contributed by atoms with Crippen molar-refractivity contribution < 1.29 is 4.74 Å². The van der Waals surface area contributed by atoms with Gasteiger partial charge in [0.1, 0.15) is 11.5 Å². The standard InChI is InChI=1S/C48H33N3O/c1-32-26-27-37(31-41(32)43-23-13-22-42(49-43)33-14-4-2-5-15-33)52-36-19-12-18-35(30-36)50-45-25-11-9-21-40(45)47-46(50)29-28-39-38-20-8-10-24-44(38)51(48(39)47)34-16-6-3-7-17-34/h2-31H,1H3. The molecule has 0 radical (unpaired) electrons. The third-order valence-corrected chi connectivity index (χ3v) is 10.1. The van der Waals surface area contributed by atoms with Crippen LogP contribution in [-0.2, 0) is 0 Å². The third kappa shape index (κ3) is 4.88. The minimum Gasteiger partial charge on any atom is -0.457 e. The lowest BCUT2D eigenvalue weighted by molar-refractivity contribution is 0.482. The molecule has 7 aromatic carbocycles. The van der Waals surface area contributed by atoms with Gasteiger partial charge in [-0.3, -0.25) is 0 Å². The van der Waals surface area contributed by atoms with E-state index in [4.69, 9.17) is 9.72 Å². The smallest absolute Gasteiger partial charge is 0.129 e. The molecule has 3 heterocycles. The Labute approximate surface area is 301 Å². The summed E-state index contributed by atoms with van der Waals surface area (Å²) in [7, 11) is 0. The zero-order chi connectivity index (χ0) is 34.6. The molecule has 0 unspecified atom stereocenters. The van der Waals surface area contributed by atoms with E-state index >= 15 is 0 Å². The molecule has 0 N–H and O–H groups in total. The highest BCUT2D eigenvalue weighted by atomic mass is 16.5. The fourth-order valence-corrected chi connectivity index (χ4v) is 7.75. The fraction of sp³-hybridized carbons (Fsp3) is 0.0208. The number of rotatable bonds is 6. The Balaban J connectivity index is 1.10. The third-order valence-electron chi connectivity index (χ3n) is 10.1. The minimum absolute atomic E-state index is 0.765. The number of para-hydroxylation sites is 3. The number of aryl methyl sites for hydroxylation is 1. The van der Waals surface area contributed by atoms with Crippen molar-refractivity contribution in [1.29, 1.82) is 0 Å². The second-order valence-electron chi connectivity index (χ2n) is 13.2. The SMILES string of the molecule is Cc1ccc(Oc2cccc(-n3c4ccccc4c4c3ccc3c5ccccc5n(-c5ccccc5)c34)c2)cc1-c1cccc(-c2ccccc2)n1. The lowest BCUT2D eigenvalue weighted by Crippen LogP contribution is -1.96. The molecule has 0 atom stereocenters. The first kappa shape index (κ1) is 30.0. The molecule has 0 aliphatic carbocycles. The lowest BCUT2D eigenvalue weighted by atomic mass is 10.0. The van der Waals surface area contributed by atoms with E-state index in [2.05, 4.69) is 168 Å². The highest BCUT2D eigenvalue weighted by molar-refractivity contribution is 6.26. The molecule has 0 saturated carbocycles. The van der Waals surface area contributed by atoms with Crippen LogP contribution in [0, 0.1) is 6.92 Å². The van der Waals surface area contributed by atoms with Gasteiger partial charge >= 0.3 is 0 Å². The van der Waals surface area contributed by atoms with E-state index in [1.165, 1.54) is 32.6 Å². The average Bonchev–Trinajstić information content (AvgIpc) is 3.72. The Hall–Kier alpha value is -6.91. The number of fused-ring (bicyclic) bond motifs is 7. The minimum atomic E-state index is 0.765. The van der Waals surface area contributed by atoms with Crippen molar-refractivity contribution in [2.75, 3.05) is 0 Å². The molecule has 52 heavy (non-hydrogen) atoms. The van der Waals surface area contributed by atoms with E-state index < -0.39 is 0 Å². The number of benzene rings is 7. The second kappa shape index (κ2) is 12.1. The summed E-state index contributed by atoms with van der Waals surface area (Å²) in [6.07, 6.45) is 0. The van der Waals surface area contributed by atoms with Gasteiger partial charge in [-0.1, -0.05) is 109 Å².